The quantitative estimate of drug-likeness (QED) is 0.561. The predicted octanol–water partition coefficient (Wildman–Crippen LogP) is 2.16. The van der Waals surface area contributed by atoms with Gasteiger partial charge in [0.25, 0.3) is 5.69 Å². The lowest BCUT2D eigenvalue weighted by molar-refractivity contribution is -0.384. The molecule has 23 heavy (non-hydrogen) atoms. The predicted molar refractivity (Wildman–Crippen MR) is 79.3 cm³/mol. The lowest BCUT2D eigenvalue weighted by Gasteiger charge is -2.20. The van der Waals surface area contributed by atoms with Crippen LogP contribution in [0, 0.1) is 21.8 Å². The van der Waals surface area contributed by atoms with Gasteiger partial charge < -0.3 is 5.11 Å². The summed E-state index contributed by atoms with van der Waals surface area (Å²) in [4.78, 5) is 19.9. The number of halogens is 2. The lowest BCUT2D eigenvalue weighted by atomic mass is 10.0. The van der Waals surface area contributed by atoms with Crippen molar-refractivity contribution in [1.82, 2.24) is 4.72 Å². The molecule has 0 spiro atoms. The highest BCUT2D eigenvalue weighted by molar-refractivity contribution is 7.89. The standard InChI is InChI=1S/C12H14ClFN2O6S/c1-3-6(2)11(12(17)18)15-23(21,22)10-4-7(13)9(16(19)20)5-8(10)14/h4-6,11,15H,3H2,1-2H3,(H,17,18)/t6-,11-/m0/s1. The zero-order chi connectivity index (χ0) is 17.9. The first kappa shape index (κ1) is 19.3. The van der Waals surface area contributed by atoms with E-state index in [1.54, 1.807) is 6.92 Å². The number of nitro groups is 1. The van der Waals surface area contributed by atoms with Gasteiger partial charge in [0, 0.05) is 0 Å². The Morgan fingerprint density at radius 3 is 2.52 bits per heavy atom. The molecule has 0 aliphatic heterocycles. The molecule has 0 aromatic heterocycles. The van der Waals surface area contributed by atoms with Crippen molar-refractivity contribution in [3.05, 3.63) is 33.1 Å². The normalized spacial score (nSPS) is 14.3. The van der Waals surface area contributed by atoms with E-state index < -0.39 is 54.3 Å². The Bertz CT molecular complexity index is 739. The first-order valence-electron chi connectivity index (χ1n) is 6.39. The second-order valence-corrected chi connectivity index (χ2v) is 6.90. The number of benzene rings is 1. The van der Waals surface area contributed by atoms with Crippen LogP contribution in [0.1, 0.15) is 20.3 Å². The Morgan fingerprint density at radius 1 is 1.52 bits per heavy atom. The number of hydrogen-bond donors (Lipinski definition) is 2. The third kappa shape index (κ3) is 4.36. The molecule has 0 saturated heterocycles. The van der Waals surface area contributed by atoms with E-state index in [9.17, 15) is 27.7 Å². The minimum absolute atomic E-state index is 0.364. The van der Waals surface area contributed by atoms with Gasteiger partial charge in [-0.15, -0.1) is 0 Å². The molecule has 11 heteroatoms. The van der Waals surface area contributed by atoms with Gasteiger partial charge in [-0.05, 0) is 12.0 Å². The molecule has 2 N–H and O–H groups in total. The van der Waals surface area contributed by atoms with Crippen LogP contribution in [0.2, 0.25) is 5.02 Å². The number of sulfonamides is 1. The van der Waals surface area contributed by atoms with E-state index in [0.717, 1.165) is 0 Å². The lowest BCUT2D eigenvalue weighted by Crippen LogP contribution is -2.45. The van der Waals surface area contributed by atoms with Crippen molar-refractivity contribution in [3.63, 3.8) is 0 Å². The first-order valence-corrected chi connectivity index (χ1v) is 8.26. The Kier molecular flexibility index (Phi) is 6.03. The molecular weight excluding hydrogens is 355 g/mol. The number of nitro benzene ring substituents is 1. The largest absolute Gasteiger partial charge is 0.480 e. The average Bonchev–Trinajstić information content (AvgIpc) is 2.45. The molecule has 1 rings (SSSR count). The van der Waals surface area contributed by atoms with E-state index in [1.165, 1.54) is 6.92 Å². The molecule has 0 bridgehead atoms. The molecule has 8 nitrogen and oxygen atoms in total. The van der Waals surface area contributed by atoms with E-state index >= 15 is 0 Å². The Morgan fingerprint density at radius 2 is 2.09 bits per heavy atom. The maximum atomic E-state index is 13.9. The summed E-state index contributed by atoms with van der Waals surface area (Å²) in [6.07, 6.45) is 0.364. The number of nitrogens with zero attached hydrogens (tertiary/aromatic N) is 1. The summed E-state index contributed by atoms with van der Waals surface area (Å²) in [5, 5.41) is 19.2. The molecule has 0 aliphatic carbocycles. The molecule has 0 amide bonds. The van der Waals surface area contributed by atoms with E-state index in [1.807, 2.05) is 4.72 Å². The fraction of sp³-hybridized carbons (Fsp3) is 0.417. The van der Waals surface area contributed by atoms with Crippen LogP contribution in [0.3, 0.4) is 0 Å². The molecule has 128 valence electrons. The number of aliphatic carboxylic acids is 1. The van der Waals surface area contributed by atoms with Crippen LogP contribution in [0.15, 0.2) is 17.0 Å². The molecule has 1 aromatic rings. The fourth-order valence-corrected chi connectivity index (χ4v) is 3.42. The number of nitrogens with one attached hydrogen (secondary N) is 1. The molecule has 0 fully saturated rings. The molecule has 1 aromatic carbocycles. The van der Waals surface area contributed by atoms with E-state index in [-0.39, 0.29) is 0 Å². The number of rotatable bonds is 7. The number of carboxylic acid groups (broad SMARTS) is 1. The van der Waals surface area contributed by atoms with Crippen molar-refractivity contribution in [2.75, 3.05) is 0 Å². The van der Waals surface area contributed by atoms with Gasteiger partial charge in [-0.3, -0.25) is 14.9 Å². The number of carboxylic acids is 1. The maximum Gasteiger partial charge on any atom is 0.322 e. The number of hydrogen-bond acceptors (Lipinski definition) is 5. The van der Waals surface area contributed by atoms with Gasteiger partial charge in [-0.1, -0.05) is 31.9 Å². The van der Waals surface area contributed by atoms with Crippen molar-refractivity contribution in [1.29, 1.82) is 0 Å². The Labute approximate surface area is 136 Å². The van der Waals surface area contributed by atoms with Crippen molar-refractivity contribution >= 4 is 33.3 Å². The van der Waals surface area contributed by atoms with Crippen LogP contribution in [0.4, 0.5) is 10.1 Å². The molecule has 0 heterocycles. The molecule has 2 atom stereocenters. The van der Waals surface area contributed by atoms with Gasteiger partial charge in [0.15, 0.2) is 0 Å². The summed E-state index contributed by atoms with van der Waals surface area (Å²) in [7, 11) is -4.57. The highest BCUT2D eigenvalue weighted by Crippen LogP contribution is 2.29. The smallest absolute Gasteiger partial charge is 0.322 e. The summed E-state index contributed by atoms with van der Waals surface area (Å²) in [5.74, 6) is -3.38. The SMILES string of the molecule is CC[C@H](C)[C@H](NS(=O)(=O)c1cc(Cl)c([N+](=O)[O-])cc1F)C(=O)O. The minimum atomic E-state index is -4.57. The van der Waals surface area contributed by atoms with Gasteiger partial charge in [0.05, 0.1) is 11.0 Å². The summed E-state index contributed by atoms with van der Waals surface area (Å²) in [6, 6.07) is -0.527. The summed E-state index contributed by atoms with van der Waals surface area (Å²) >= 11 is 5.57. The van der Waals surface area contributed by atoms with Crippen molar-refractivity contribution < 1.29 is 27.6 Å². The summed E-state index contributed by atoms with van der Waals surface area (Å²) < 4.78 is 40.1. The van der Waals surface area contributed by atoms with Gasteiger partial charge in [-0.2, -0.15) is 4.72 Å². The van der Waals surface area contributed by atoms with Crippen LogP contribution < -0.4 is 4.72 Å². The molecule has 0 radical (unpaired) electrons. The van der Waals surface area contributed by atoms with Crippen molar-refractivity contribution in [2.24, 2.45) is 5.92 Å². The van der Waals surface area contributed by atoms with E-state index in [4.69, 9.17) is 16.7 Å². The van der Waals surface area contributed by atoms with Crippen LogP contribution in [0.25, 0.3) is 0 Å². The third-order valence-electron chi connectivity index (χ3n) is 3.25. The Balaban J connectivity index is 3.31. The van der Waals surface area contributed by atoms with Gasteiger partial charge in [0.1, 0.15) is 21.8 Å². The van der Waals surface area contributed by atoms with Gasteiger partial charge in [0.2, 0.25) is 10.0 Å². The van der Waals surface area contributed by atoms with Crippen molar-refractivity contribution in [2.45, 2.75) is 31.2 Å². The van der Waals surface area contributed by atoms with Crippen LogP contribution in [0.5, 0.6) is 0 Å². The fourth-order valence-electron chi connectivity index (χ4n) is 1.74. The second kappa shape index (κ2) is 7.20. The summed E-state index contributed by atoms with van der Waals surface area (Å²) in [5.41, 5.74) is -0.792. The molecule has 0 saturated carbocycles. The third-order valence-corrected chi connectivity index (χ3v) is 5.01. The van der Waals surface area contributed by atoms with E-state index in [2.05, 4.69) is 0 Å². The van der Waals surface area contributed by atoms with Gasteiger partial charge >= 0.3 is 5.97 Å². The topological polar surface area (TPSA) is 127 Å². The van der Waals surface area contributed by atoms with Gasteiger partial charge in [-0.25, -0.2) is 12.8 Å². The van der Waals surface area contributed by atoms with E-state index in [0.29, 0.717) is 18.6 Å². The highest BCUT2D eigenvalue weighted by atomic mass is 35.5. The maximum absolute atomic E-state index is 13.9. The summed E-state index contributed by atoms with van der Waals surface area (Å²) in [6.45, 7) is 3.18. The molecule has 0 unspecified atom stereocenters. The van der Waals surface area contributed by atoms with Crippen LogP contribution >= 0.6 is 11.6 Å². The first-order chi connectivity index (χ1) is 10.5. The zero-order valence-electron chi connectivity index (χ0n) is 12.1. The highest BCUT2D eigenvalue weighted by Gasteiger charge is 2.32. The zero-order valence-corrected chi connectivity index (χ0v) is 13.7. The van der Waals surface area contributed by atoms with Crippen LogP contribution in [-0.4, -0.2) is 30.5 Å². The number of carbonyl (C=O) groups is 1. The Hall–Kier alpha value is -1.78. The molecular formula is C12H14ClFN2O6S. The van der Waals surface area contributed by atoms with Crippen molar-refractivity contribution in [3.8, 4) is 0 Å². The second-order valence-electron chi connectivity index (χ2n) is 4.81. The minimum Gasteiger partial charge on any atom is -0.480 e. The average molecular weight is 369 g/mol. The monoisotopic (exact) mass is 368 g/mol. The van der Waals surface area contributed by atoms with Crippen LogP contribution in [-0.2, 0) is 14.8 Å². The molecule has 0 aliphatic rings.